The Morgan fingerprint density at radius 1 is 1.19 bits per heavy atom. The lowest BCUT2D eigenvalue weighted by atomic mass is 10.4. The predicted molar refractivity (Wildman–Crippen MR) is 65.1 cm³/mol. The van der Waals surface area contributed by atoms with Gasteiger partial charge in [0.25, 0.3) is 0 Å². The highest BCUT2D eigenvalue weighted by Gasteiger charge is 2.19. The molecule has 2 N–H and O–H groups in total. The molecule has 0 bridgehead atoms. The molecular weight excluding hydrogens is 228 g/mol. The van der Waals surface area contributed by atoms with Crippen LogP contribution in [0.3, 0.4) is 0 Å². The highest BCUT2D eigenvalue weighted by molar-refractivity contribution is 7.92. The highest BCUT2D eigenvalue weighted by Crippen LogP contribution is 1.99. The molecule has 0 heterocycles. The highest BCUT2D eigenvalue weighted by atomic mass is 32.2. The molecule has 5 nitrogen and oxygen atoms in total. The minimum atomic E-state index is -3.28. The quantitative estimate of drug-likeness (QED) is 0.591. The van der Waals surface area contributed by atoms with Crippen LogP contribution in [0.2, 0.25) is 0 Å². The molecule has 0 saturated heterocycles. The summed E-state index contributed by atoms with van der Waals surface area (Å²) in [6.07, 6.45) is 1.04. The van der Waals surface area contributed by atoms with Crippen molar-refractivity contribution in [2.45, 2.75) is 32.4 Å². The van der Waals surface area contributed by atoms with Gasteiger partial charge in [0.05, 0.1) is 5.25 Å². The number of hydrogen-bond acceptors (Lipinski definition) is 4. The maximum atomic E-state index is 11.4. The van der Waals surface area contributed by atoms with Gasteiger partial charge in [-0.2, -0.15) is 0 Å². The Bertz CT molecular complexity index is 299. The molecule has 0 aromatic carbocycles. The van der Waals surface area contributed by atoms with E-state index in [2.05, 4.69) is 17.6 Å². The van der Waals surface area contributed by atoms with Crippen LogP contribution in [-0.2, 0) is 14.6 Å². The number of sulfone groups is 1. The minimum Gasteiger partial charge on any atom is -0.354 e. The lowest BCUT2D eigenvalue weighted by Crippen LogP contribution is -2.37. The summed E-state index contributed by atoms with van der Waals surface area (Å²) in [5.41, 5.74) is 0. The number of carbonyl (C=O) groups is 1. The molecule has 0 unspecified atom stereocenters. The predicted octanol–water partition coefficient (Wildman–Crippen LogP) is -0.0746. The molecule has 0 aliphatic rings. The number of nitrogens with one attached hydrogen (secondary N) is 2. The van der Waals surface area contributed by atoms with Crippen molar-refractivity contribution in [3.63, 3.8) is 0 Å². The topological polar surface area (TPSA) is 75.3 Å². The number of amides is 1. The fourth-order valence-corrected chi connectivity index (χ4v) is 1.79. The van der Waals surface area contributed by atoms with Gasteiger partial charge in [0.15, 0.2) is 9.84 Å². The van der Waals surface area contributed by atoms with E-state index in [1.807, 2.05) is 0 Å². The van der Waals surface area contributed by atoms with Gasteiger partial charge in [-0.3, -0.25) is 4.79 Å². The van der Waals surface area contributed by atoms with Gasteiger partial charge in [0.1, 0.15) is 5.75 Å². The molecule has 0 atom stereocenters. The summed E-state index contributed by atoms with van der Waals surface area (Å²) in [4.78, 5) is 11.3. The molecule has 0 aromatic rings. The second kappa shape index (κ2) is 7.62. The molecule has 0 aliphatic heterocycles. The van der Waals surface area contributed by atoms with E-state index < -0.39 is 26.7 Å². The van der Waals surface area contributed by atoms with Crippen LogP contribution >= 0.6 is 0 Å². The summed E-state index contributed by atoms with van der Waals surface area (Å²) >= 11 is 0. The largest absolute Gasteiger partial charge is 0.354 e. The molecule has 0 aromatic heterocycles. The molecule has 0 rings (SSSR count). The van der Waals surface area contributed by atoms with Crippen LogP contribution in [-0.4, -0.2) is 45.0 Å². The van der Waals surface area contributed by atoms with Crippen LogP contribution in [0.15, 0.2) is 0 Å². The zero-order chi connectivity index (χ0) is 12.6. The van der Waals surface area contributed by atoms with E-state index in [0.717, 1.165) is 13.0 Å². The fraction of sp³-hybridized carbons (Fsp3) is 0.900. The lowest BCUT2D eigenvalue weighted by Gasteiger charge is -2.08. The van der Waals surface area contributed by atoms with Crippen molar-refractivity contribution in [2.24, 2.45) is 0 Å². The third-order valence-corrected chi connectivity index (χ3v) is 4.20. The average molecular weight is 250 g/mol. The Labute approximate surface area is 97.9 Å². The summed E-state index contributed by atoms with van der Waals surface area (Å²) in [5, 5.41) is 5.18. The van der Waals surface area contributed by atoms with Crippen LogP contribution in [0, 0.1) is 0 Å². The third-order valence-electron chi connectivity index (χ3n) is 2.10. The molecule has 0 saturated carbocycles. The molecule has 16 heavy (non-hydrogen) atoms. The first-order valence-corrected chi connectivity index (χ1v) is 7.30. The smallest absolute Gasteiger partial charge is 0.235 e. The Morgan fingerprint density at radius 2 is 1.81 bits per heavy atom. The standard InChI is InChI=1S/C10H22N2O3S/c1-4-5-11-6-7-12-10(13)8-16(14,15)9(2)3/h9,11H,4-8H2,1-3H3,(H,12,13). The zero-order valence-corrected chi connectivity index (χ0v) is 11.1. The van der Waals surface area contributed by atoms with Crippen molar-refractivity contribution in [3.8, 4) is 0 Å². The van der Waals surface area contributed by atoms with Gasteiger partial charge in [0.2, 0.25) is 5.91 Å². The molecule has 96 valence electrons. The second-order valence-electron chi connectivity index (χ2n) is 3.96. The van der Waals surface area contributed by atoms with Gasteiger partial charge < -0.3 is 10.6 Å². The van der Waals surface area contributed by atoms with Crippen molar-refractivity contribution in [1.82, 2.24) is 10.6 Å². The molecule has 1 amide bonds. The summed E-state index contributed by atoms with van der Waals surface area (Å²) in [6, 6.07) is 0. The number of rotatable bonds is 8. The molecule has 0 spiro atoms. The first kappa shape index (κ1) is 15.4. The monoisotopic (exact) mass is 250 g/mol. The number of hydrogen-bond donors (Lipinski definition) is 2. The zero-order valence-electron chi connectivity index (χ0n) is 10.2. The second-order valence-corrected chi connectivity index (χ2v) is 6.51. The van der Waals surface area contributed by atoms with Crippen LogP contribution in [0.1, 0.15) is 27.2 Å². The van der Waals surface area contributed by atoms with Gasteiger partial charge in [0, 0.05) is 13.1 Å². The van der Waals surface area contributed by atoms with E-state index in [-0.39, 0.29) is 0 Å². The fourth-order valence-electron chi connectivity index (χ4n) is 0.993. The summed E-state index contributed by atoms with van der Waals surface area (Å²) in [7, 11) is -3.28. The average Bonchev–Trinajstić information content (AvgIpc) is 2.16. The van der Waals surface area contributed by atoms with Crippen molar-refractivity contribution in [3.05, 3.63) is 0 Å². The molecule has 0 aliphatic carbocycles. The normalized spacial score (nSPS) is 11.8. The van der Waals surface area contributed by atoms with Crippen LogP contribution < -0.4 is 10.6 Å². The van der Waals surface area contributed by atoms with Gasteiger partial charge in [-0.05, 0) is 26.8 Å². The summed E-state index contributed by atoms with van der Waals surface area (Å²) in [6.45, 7) is 7.24. The minimum absolute atomic E-state index is 0.418. The van der Waals surface area contributed by atoms with E-state index in [1.54, 1.807) is 13.8 Å². The first-order chi connectivity index (χ1) is 7.40. The van der Waals surface area contributed by atoms with Crippen LogP contribution in [0.25, 0.3) is 0 Å². The first-order valence-electron chi connectivity index (χ1n) is 5.59. The Hall–Kier alpha value is -0.620. The lowest BCUT2D eigenvalue weighted by molar-refractivity contribution is -0.118. The van der Waals surface area contributed by atoms with Crippen LogP contribution in [0.5, 0.6) is 0 Å². The maximum absolute atomic E-state index is 11.4. The Kier molecular flexibility index (Phi) is 7.33. The van der Waals surface area contributed by atoms with E-state index >= 15 is 0 Å². The van der Waals surface area contributed by atoms with Crippen molar-refractivity contribution in [1.29, 1.82) is 0 Å². The van der Waals surface area contributed by atoms with E-state index in [0.29, 0.717) is 13.1 Å². The van der Waals surface area contributed by atoms with Crippen LogP contribution in [0.4, 0.5) is 0 Å². The van der Waals surface area contributed by atoms with E-state index in [1.165, 1.54) is 0 Å². The van der Waals surface area contributed by atoms with Gasteiger partial charge >= 0.3 is 0 Å². The van der Waals surface area contributed by atoms with E-state index in [9.17, 15) is 13.2 Å². The third kappa shape index (κ3) is 6.79. The van der Waals surface area contributed by atoms with Crippen molar-refractivity contribution >= 4 is 15.7 Å². The molecule has 0 radical (unpaired) electrons. The van der Waals surface area contributed by atoms with Gasteiger partial charge in [-0.15, -0.1) is 0 Å². The van der Waals surface area contributed by atoms with E-state index in [4.69, 9.17) is 0 Å². The SMILES string of the molecule is CCCNCCNC(=O)CS(=O)(=O)C(C)C. The molecule has 0 fully saturated rings. The van der Waals surface area contributed by atoms with Gasteiger partial charge in [-0.1, -0.05) is 6.92 Å². The molecular formula is C10H22N2O3S. The van der Waals surface area contributed by atoms with Crippen molar-refractivity contribution in [2.75, 3.05) is 25.4 Å². The van der Waals surface area contributed by atoms with Crippen molar-refractivity contribution < 1.29 is 13.2 Å². The Balaban J connectivity index is 3.75. The summed E-state index contributed by atoms with van der Waals surface area (Å²) in [5.74, 6) is -0.842. The molecule has 6 heteroatoms. The summed E-state index contributed by atoms with van der Waals surface area (Å²) < 4.78 is 22.8. The maximum Gasteiger partial charge on any atom is 0.235 e. The van der Waals surface area contributed by atoms with Gasteiger partial charge in [-0.25, -0.2) is 8.42 Å². The number of carbonyl (C=O) groups excluding carboxylic acids is 1. The Morgan fingerprint density at radius 3 is 2.31 bits per heavy atom.